The number of nitrogens with one attached hydrogen (secondary N) is 1. The molecule has 1 aromatic carbocycles. The molecule has 2 fully saturated rings. The molecule has 0 amide bonds. The van der Waals surface area contributed by atoms with Gasteiger partial charge in [-0.15, -0.1) is 0 Å². The predicted molar refractivity (Wildman–Crippen MR) is 80.2 cm³/mol. The Morgan fingerprint density at radius 2 is 1.90 bits per heavy atom. The van der Waals surface area contributed by atoms with Crippen LogP contribution in [-0.4, -0.2) is 45.6 Å². The number of anilines is 1. The van der Waals surface area contributed by atoms with Crippen LogP contribution in [0.5, 0.6) is 0 Å². The zero-order chi connectivity index (χ0) is 13.6. The lowest BCUT2D eigenvalue weighted by atomic mass is 10.2. The molecule has 4 nitrogen and oxygen atoms in total. The van der Waals surface area contributed by atoms with E-state index in [1.54, 1.807) is 0 Å². The third-order valence-electron chi connectivity index (χ3n) is 4.04. The van der Waals surface area contributed by atoms with Crippen molar-refractivity contribution in [3.8, 4) is 0 Å². The van der Waals surface area contributed by atoms with Gasteiger partial charge in [-0.1, -0.05) is 12.1 Å². The van der Waals surface area contributed by atoms with E-state index in [1.807, 2.05) is 0 Å². The number of benzene rings is 1. The van der Waals surface area contributed by atoms with Crippen molar-refractivity contribution in [3.63, 3.8) is 0 Å². The predicted octanol–water partition coefficient (Wildman–Crippen LogP) is 1.79. The van der Waals surface area contributed by atoms with E-state index in [2.05, 4.69) is 34.5 Å². The first-order valence-electron chi connectivity index (χ1n) is 7.66. The molecule has 0 aliphatic carbocycles. The van der Waals surface area contributed by atoms with Crippen LogP contribution in [0.4, 0.5) is 5.69 Å². The Balaban J connectivity index is 1.45. The number of nitrogens with zero attached hydrogens (tertiary/aromatic N) is 1. The van der Waals surface area contributed by atoms with E-state index < -0.39 is 0 Å². The highest BCUT2D eigenvalue weighted by Gasteiger charge is 2.14. The van der Waals surface area contributed by atoms with E-state index in [1.165, 1.54) is 24.1 Å². The Kier molecular flexibility index (Phi) is 4.90. The fraction of sp³-hybridized carbons (Fsp3) is 0.625. The van der Waals surface area contributed by atoms with Crippen molar-refractivity contribution in [2.24, 2.45) is 0 Å². The normalized spacial score (nSPS) is 23.2. The zero-order valence-corrected chi connectivity index (χ0v) is 12.0. The molecule has 1 N–H and O–H groups in total. The summed E-state index contributed by atoms with van der Waals surface area (Å²) in [6.07, 6.45) is 2.83. The number of morpholine rings is 1. The van der Waals surface area contributed by atoms with Crippen molar-refractivity contribution in [1.29, 1.82) is 0 Å². The molecule has 1 atom stereocenters. The molecule has 0 radical (unpaired) electrons. The second kappa shape index (κ2) is 7.07. The van der Waals surface area contributed by atoms with Crippen LogP contribution in [0.25, 0.3) is 0 Å². The highest BCUT2D eigenvalue weighted by molar-refractivity contribution is 5.47. The van der Waals surface area contributed by atoms with Crippen molar-refractivity contribution < 1.29 is 9.47 Å². The van der Waals surface area contributed by atoms with Gasteiger partial charge in [0.25, 0.3) is 0 Å². The highest BCUT2D eigenvalue weighted by Crippen LogP contribution is 2.17. The second-order valence-corrected chi connectivity index (χ2v) is 5.53. The summed E-state index contributed by atoms with van der Waals surface area (Å²) in [5.41, 5.74) is 2.64. The smallest absolute Gasteiger partial charge is 0.0700 e. The summed E-state index contributed by atoms with van der Waals surface area (Å²) in [5.74, 6) is 0. The van der Waals surface area contributed by atoms with Gasteiger partial charge in [0, 0.05) is 38.5 Å². The first-order chi connectivity index (χ1) is 9.92. The van der Waals surface area contributed by atoms with Gasteiger partial charge in [0.2, 0.25) is 0 Å². The maximum absolute atomic E-state index is 5.61. The van der Waals surface area contributed by atoms with E-state index in [0.717, 1.165) is 46.0 Å². The standard InChI is InChI=1S/C16H24N2O2/c1-2-16(20-9-1)13-17-12-14-3-5-15(6-4-14)18-7-10-19-11-8-18/h3-6,16-17H,1-2,7-13H2. The lowest BCUT2D eigenvalue weighted by molar-refractivity contribution is 0.110. The maximum atomic E-state index is 5.61. The van der Waals surface area contributed by atoms with Crippen LogP contribution in [0.1, 0.15) is 18.4 Å². The third kappa shape index (κ3) is 3.72. The molecule has 0 saturated carbocycles. The van der Waals surface area contributed by atoms with Gasteiger partial charge in [0.05, 0.1) is 19.3 Å². The minimum absolute atomic E-state index is 0.419. The molecule has 20 heavy (non-hydrogen) atoms. The highest BCUT2D eigenvalue weighted by atomic mass is 16.5. The van der Waals surface area contributed by atoms with E-state index in [-0.39, 0.29) is 0 Å². The number of hydrogen-bond acceptors (Lipinski definition) is 4. The lowest BCUT2D eigenvalue weighted by Gasteiger charge is -2.28. The number of rotatable bonds is 5. The zero-order valence-electron chi connectivity index (χ0n) is 12.0. The molecule has 2 aliphatic rings. The first kappa shape index (κ1) is 13.9. The first-order valence-corrected chi connectivity index (χ1v) is 7.66. The minimum atomic E-state index is 0.419. The van der Waals surface area contributed by atoms with E-state index in [9.17, 15) is 0 Å². The van der Waals surface area contributed by atoms with Crippen LogP contribution in [0.2, 0.25) is 0 Å². The Morgan fingerprint density at radius 3 is 2.60 bits per heavy atom. The summed E-state index contributed by atoms with van der Waals surface area (Å²) >= 11 is 0. The van der Waals surface area contributed by atoms with Crippen LogP contribution in [0.3, 0.4) is 0 Å². The molecule has 1 unspecified atom stereocenters. The van der Waals surface area contributed by atoms with E-state index >= 15 is 0 Å². The molecule has 110 valence electrons. The lowest BCUT2D eigenvalue weighted by Crippen LogP contribution is -2.36. The fourth-order valence-corrected chi connectivity index (χ4v) is 2.83. The van der Waals surface area contributed by atoms with Crippen LogP contribution < -0.4 is 10.2 Å². The Bertz CT molecular complexity index is 395. The Morgan fingerprint density at radius 1 is 1.10 bits per heavy atom. The Hall–Kier alpha value is -1.10. The van der Waals surface area contributed by atoms with Crippen molar-refractivity contribution in [1.82, 2.24) is 5.32 Å². The number of ether oxygens (including phenoxy) is 2. The molecule has 3 rings (SSSR count). The van der Waals surface area contributed by atoms with E-state index in [4.69, 9.17) is 9.47 Å². The van der Waals surface area contributed by atoms with Crippen LogP contribution in [0, 0.1) is 0 Å². The van der Waals surface area contributed by atoms with Crippen molar-refractivity contribution in [2.45, 2.75) is 25.5 Å². The molecule has 0 spiro atoms. The van der Waals surface area contributed by atoms with Gasteiger partial charge in [-0.25, -0.2) is 0 Å². The molecule has 2 heterocycles. The fourth-order valence-electron chi connectivity index (χ4n) is 2.83. The molecule has 2 saturated heterocycles. The molecular formula is C16H24N2O2. The largest absolute Gasteiger partial charge is 0.378 e. The molecule has 2 aliphatic heterocycles. The third-order valence-corrected chi connectivity index (χ3v) is 4.04. The number of hydrogen-bond donors (Lipinski definition) is 1. The second-order valence-electron chi connectivity index (χ2n) is 5.53. The summed E-state index contributed by atoms with van der Waals surface area (Å²) in [6.45, 7) is 6.48. The van der Waals surface area contributed by atoms with Crippen LogP contribution in [-0.2, 0) is 16.0 Å². The van der Waals surface area contributed by atoms with Crippen molar-refractivity contribution in [3.05, 3.63) is 29.8 Å². The average Bonchev–Trinajstić information content (AvgIpc) is 3.02. The van der Waals surface area contributed by atoms with Gasteiger partial charge < -0.3 is 19.7 Å². The molecular weight excluding hydrogens is 252 g/mol. The summed E-state index contributed by atoms with van der Waals surface area (Å²) in [7, 11) is 0. The van der Waals surface area contributed by atoms with Crippen molar-refractivity contribution >= 4 is 5.69 Å². The van der Waals surface area contributed by atoms with Gasteiger partial charge in [-0.3, -0.25) is 0 Å². The summed E-state index contributed by atoms with van der Waals surface area (Å²) in [6, 6.07) is 8.86. The van der Waals surface area contributed by atoms with Gasteiger partial charge in [-0.05, 0) is 30.5 Å². The van der Waals surface area contributed by atoms with Gasteiger partial charge in [0.1, 0.15) is 0 Å². The maximum Gasteiger partial charge on any atom is 0.0700 e. The quantitative estimate of drug-likeness (QED) is 0.889. The van der Waals surface area contributed by atoms with Crippen LogP contribution in [0.15, 0.2) is 24.3 Å². The summed E-state index contributed by atoms with van der Waals surface area (Å²) in [4.78, 5) is 2.38. The van der Waals surface area contributed by atoms with Gasteiger partial charge in [-0.2, -0.15) is 0 Å². The van der Waals surface area contributed by atoms with Gasteiger partial charge in [0.15, 0.2) is 0 Å². The molecule has 0 aromatic heterocycles. The van der Waals surface area contributed by atoms with Crippen LogP contribution >= 0.6 is 0 Å². The Labute approximate surface area is 121 Å². The molecule has 0 bridgehead atoms. The average molecular weight is 276 g/mol. The molecule has 1 aromatic rings. The summed E-state index contributed by atoms with van der Waals surface area (Å²) in [5, 5.41) is 3.48. The topological polar surface area (TPSA) is 33.7 Å². The van der Waals surface area contributed by atoms with Crippen molar-refractivity contribution in [2.75, 3.05) is 44.4 Å². The molecule has 4 heteroatoms. The van der Waals surface area contributed by atoms with E-state index in [0.29, 0.717) is 6.10 Å². The van der Waals surface area contributed by atoms with Gasteiger partial charge >= 0.3 is 0 Å². The monoisotopic (exact) mass is 276 g/mol. The minimum Gasteiger partial charge on any atom is -0.378 e. The summed E-state index contributed by atoms with van der Waals surface area (Å²) < 4.78 is 11.0. The SMILES string of the molecule is c1cc(N2CCOCC2)ccc1CNCC1CCCO1.